The Morgan fingerprint density at radius 3 is 2.58 bits per heavy atom. The van der Waals surface area contributed by atoms with Crippen LogP contribution in [0.2, 0.25) is 0 Å². The number of rotatable bonds is 11. The molecule has 24 heavy (non-hydrogen) atoms. The molecule has 4 nitrogen and oxygen atoms in total. The molecule has 0 saturated carbocycles. The zero-order valence-corrected chi connectivity index (χ0v) is 15.9. The Kier molecular flexibility index (Phi) is 7.86. The molecule has 4 heteroatoms. The average Bonchev–Trinajstić information content (AvgIpc) is 3.00. The van der Waals surface area contributed by atoms with Crippen LogP contribution >= 0.6 is 0 Å². The molecule has 3 N–H and O–H groups in total. The highest BCUT2D eigenvalue weighted by Crippen LogP contribution is 2.36. The van der Waals surface area contributed by atoms with Crippen molar-refractivity contribution in [1.29, 1.82) is 0 Å². The third-order valence-electron chi connectivity index (χ3n) is 4.76. The van der Waals surface area contributed by atoms with Gasteiger partial charge in [-0.2, -0.15) is 0 Å². The molecule has 1 aromatic carbocycles. The van der Waals surface area contributed by atoms with Gasteiger partial charge in [-0.15, -0.1) is 0 Å². The fraction of sp³-hybridized carbons (Fsp3) is 0.700. The third kappa shape index (κ3) is 6.33. The lowest BCUT2D eigenvalue weighted by atomic mass is 9.88. The first-order valence-corrected chi connectivity index (χ1v) is 9.56. The largest absolute Gasteiger partial charge is 0.454 e. The SMILES string of the molecule is CC(C)CC[C@H](CC[NH2+]CCC[NH+](C)C)c1ccc2c(c1)OCO2. The number of quaternary nitrogens is 2. The van der Waals surface area contributed by atoms with Gasteiger partial charge in [-0.25, -0.2) is 0 Å². The number of hydrogen-bond donors (Lipinski definition) is 2. The normalized spacial score (nSPS) is 14.6. The van der Waals surface area contributed by atoms with E-state index in [1.54, 1.807) is 4.90 Å². The molecular formula is C20H36N2O2+2. The number of nitrogens with two attached hydrogens (primary N) is 1. The van der Waals surface area contributed by atoms with E-state index in [1.165, 1.54) is 50.9 Å². The first-order valence-electron chi connectivity index (χ1n) is 9.56. The lowest BCUT2D eigenvalue weighted by Gasteiger charge is -2.18. The molecule has 0 bridgehead atoms. The van der Waals surface area contributed by atoms with Gasteiger partial charge in [0.25, 0.3) is 0 Å². The quantitative estimate of drug-likeness (QED) is 0.600. The Morgan fingerprint density at radius 1 is 1.04 bits per heavy atom. The minimum Gasteiger partial charge on any atom is -0.454 e. The van der Waals surface area contributed by atoms with Crippen molar-refractivity contribution in [3.63, 3.8) is 0 Å². The Bertz CT molecular complexity index is 489. The fourth-order valence-electron chi connectivity index (χ4n) is 3.24. The minimum absolute atomic E-state index is 0.358. The fourth-order valence-corrected chi connectivity index (χ4v) is 3.24. The van der Waals surface area contributed by atoms with Crippen LogP contribution in [0.3, 0.4) is 0 Å². The second-order valence-electron chi connectivity index (χ2n) is 7.75. The Labute approximate surface area is 147 Å². The molecule has 1 aromatic rings. The number of ether oxygens (including phenoxy) is 2. The molecule has 1 aliphatic rings. The molecule has 1 aliphatic heterocycles. The van der Waals surface area contributed by atoms with Gasteiger partial charge in [0, 0.05) is 12.8 Å². The number of benzene rings is 1. The molecule has 0 radical (unpaired) electrons. The number of fused-ring (bicyclic) bond motifs is 1. The Balaban J connectivity index is 1.85. The maximum Gasteiger partial charge on any atom is 0.231 e. The molecule has 0 aromatic heterocycles. The minimum atomic E-state index is 0.358. The van der Waals surface area contributed by atoms with Gasteiger partial charge in [0.1, 0.15) is 0 Å². The first kappa shape index (κ1) is 19.1. The van der Waals surface area contributed by atoms with Crippen molar-refractivity contribution in [2.24, 2.45) is 5.92 Å². The van der Waals surface area contributed by atoms with Crippen molar-refractivity contribution in [3.05, 3.63) is 23.8 Å². The molecule has 0 fully saturated rings. The summed E-state index contributed by atoms with van der Waals surface area (Å²) in [6.45, 7) is 8.69. The molecule has 0 unspecified atom stereocenters. The van der Waals surface area contributed by atoms with Gasteiger partial charge in [0.2, 0.25) is 6.79 Å². The summed E-state index contributed by atoms with van der Waals surface area (Å²) in [5, 5.41) is 2.48. The van der Waals surface area contributed by atoms with Crippen LogP contribution in [0, 0.1) is 5.92 Å². The summed E-state index contributed by atoms with van der Waals surface area (Å²) in [7, 11) is 4.45. The van der Waals surface area contributed by atoms with Crippen molar-refractivity contribution in [1.82, 2.24) is 0 Å². The van der Waals surface area contributed by atoms with Crippen molar-refractivity contribution in [3.8, 4) is 11.5 Å². The van der Waals surface area contributed by atoms with Crippen LogP contribution in [0.15, 0.2) is 18.2 Å². The van der Waals surface area contributed by atoms with E-state index in [4.69, 9.17) is 9.47 Å². The van der Waals surface area contributed by atoms with E-state index in [0.29, 0.717) is 12.7 Å². The summed E-state index contributed by atoms with van der Waals surface area (Å²) in [5.74, 6) is 3.19. The predicted octanol–water partition coefficient (Wildman–Crippen LogP) is 1.42. The van der Waals surface area contributed by atoms with Crippen LogP contribution in [0.25, 0.3) is 0 Å². The van der Waals surface area contributed by atoms with Crippen molar-refractivity contribution in [2.45, 2.75) is 45.4 Å². The van der Waals surface area contributed by atoms with Gasteiger partial charge in [0.05, 0.1) is 33.7 Å². The van der Waals surface area contributed by atoms with Crippen molar-refractivity contribution < 1.29 is 19.7 Å². The number of hydrogen-bond acceptors (Lipinski definition) is 2. The molecular weight excluding hydrogens is 300 g/mol. The summed E-state index contributed by atoms with van der Waals surface area (Å²) in [6.07, 6.45) is 5.07. The monoisotopic (exact) mass is 336 g/mol. The maximum absolute atomic E-state index is 5.56. The highest BCUT2D eigenvalue weighted by atomic mass is 16.7. The van der Waals surface area contributed by atoms with E-state index >= 15 is 0 Å². The topological polar surface area (TPSA) is 39.5 Å². The lowest BCUT2D eigenvalue weighted by molar-refractivity contribution is -0.860. The van der Waals surface area contributed by atoms with Crippen LogP contribution in [0.1, 0.15) is 51.0 Å². The van der Waals surface area contributed by atoms with Gasteiger partial charge in [0.15, 0.2) is 11.5 Å². The molecule has 0 amide bonds. The van der Waals surface area contributed by atoms with Gasteiger partial charge in [-0.05, 0) is 36.0 Å². The molecule has 0 aliphatic carbocycles. The zero-order chi connectivity index (χ0) is 17.4. The van der Waals surface area contributed by atoms with Crippen LogP contribution < -0.4 is 19.7 Å². The highest BCUT2D eigenvalue weighted by Gasteiger charge is 2.18. The van der Waals surface area contributed by atoms with E-state index in [-0.39, 0.29) is 0 Å². The first-order chi connectivity index (χ1) is 11.6. The maximum atomic E-state index is 5.56. The highest BCUT2D eigenvalue weighted by molar-refractivity contribution is 5.45. The van der Waals surface area contributed by atoms with Crippen molar-refractivity contribution in [2.75, 3.05) is 40.5 Å². The summed E-state index contributed by atoms with van der Waals surface area (Å²) in [6, 6.07) is 6.50. The van der Waals surface area contributed by atoms with E-state index in [2.05, 4.69) is 51.5 Å². The molecule has 1 atom stereocenters. The lowest BCUT2D eigenvalue weighted by Crippen LogP contribution is -3.06. The smallest absolute Gasteiger partial charge is 0.231 e. The Morgan fingerprint density at radius 2 is 1.83 bits per heavy atom. The van der Waals surface area contributed by atoms with Gasteiger partial charge in [-0.3, -0.25) is 0 Å². The van der Waals surface area contributed by atoms with Crippen LogP contribution in [-0.2, 0) is 0 Å². The second kappa shape index (κ2) is 9.90. The summed E-state index contributed by atoms with van der Waals surface area (Å²) in [4.78, 5) is 1.54. The third-order valence-corrected chi connectivity index (χ3v) is 4.76. The van der Waals surface area contributed by atoms with Crippen LogP contribution in [0.5, 0.6) is 11.5 Å². The van der Waals surface area contributed by atoms with Crippen LogP contribution in [-0.4, -0.2) is 40.5 Å². The van der Waals surface area contributed by atoms with E-state index in [9.17, 15) is 0 Å². The molecule has 2 rings (SSSR count). The summed E-state index contributed by atoms with van der Waals surface area (Å²) in [5.41, 5.74) is 1.41. The molecule has 0 saturated heterocycles. The molecule has 1 heterocycles. The van der Waals surface area contributed by atoms with Gasteiger partial charge in [-0.1, -0.05) is 26.3 Å². The van der Waals surface area contributed by atoms with Crippen LogP contribution in [0.4, 0.5) is 0 Å². The van der Waals surface area contributed by atoms with Crippen molar-refractivity contribution >= 4 is 0 Å². The van der Waals surface area contributed by atoms with E-state index in [1.807, 2.05) is 0 Å². The summed E-state index contributed by atoms with van der Waals surface area (Å²) >= 11 is 0. The van der Waals surface area contributed by atoms with Gasteiger partial charge < -0.3 is 19.7 Å². The Hall–Kier alpha value is -1.26. The van der Waals surface area contributed by atoms with E-state index < -0.39 is 0 Å². The zero-order valence-electron chi connectivity index (χ0n) is 15.9. The van der Waals surface area contributed by atoms with Gasteiger partial charge >= 0.3 is 0 Å². The second-order valence-corrected chi connectivity index (χ2v) is 7.75. The predicted molar refractivity (Wildman–Crippen MR) is 97.9 cm³/mol. The molecule has 136 valence electrons. The summed E-state index contributed by atoms with van der Waals surface area (Å²) < 4.78 is 11.0. The van der Waals surface area contributed by atoms with E-state index in [0.717, 1.165) is 17.4 Å². The number of nitrogens with one attached hydrogen (secondary N) is 1. The average molecular weight is 337 g/mol. The standard InChI is InChI=1S/C20H34N2O2/c1-16(2)6-7-17(10-12-21-11-5-13-22(3)4)18-8-9-19-20(14-18)24-15-23-19/h8-9,14,16-17,21H,5-7,10-13,15H2,1-4H3/p+2/t17-/m1/s1. The molecule has 0 spiro atoms.